The number of fused-ring (bicyclic) bond motifs is 8. The molecule has 2 aliphatic rings. The van der Waals surface area contributed by atoms with E-state index in [0.29, 0.717) is 17.8 Å². The van der Waals surface area contributed by atoms with Gasteiger partial charge in [-0.1, -0.05) is 203 Å². The summed E-state index contributed by atoms with van der Waals surface area (Å²) in [6.07, 6.45) is 6.30. The van der Waals surface area contributed by atoms with Gasteiger partial charge in [0.2, 0.25) is 0 Å². The van der Waals surface area contributed by atoms with E-state index in [1.807, 2.05) is 0 Å². The van der Waals surface area contributed by atoms with Crippen LogP contribution in [0.25, 0.3) is 76.1 Å². The van der Waals surface area contributed by atoms with Crippen LogP contribution in [0.1, 0.15) is 58.1 Å². The summed E-state index contributed by atoms with van der Waals surface area (Å²) in [5, 5.41) is 12.4. The fourth-order valence-corrected chi connectivity index (χ4v) is 13.0. The van der Waals surface area contributed by atoms with Crippen LogP contribution >= 0.6 is 0 Å². The van der Waals surface area contributed by atoms with Crippen LogP contribution in [0, 0.1) is 24.2 Å². The second-order valence-electron chi connectivity index (χ2n) is 21.4. The van der Waals surface area contributed by atoms with Crippen LogP contribution in [-0.2, 0) is 0 Å². The molecule has 2 heteroatoms. The molecular formula is C71H60N2. The van der Waals surface area contributed by atoms with Crippen LogP contribution in [0.3, 0.4) is 0 Å². The standard InChI is InChI=1S/C71H60N2/c1-45(2)58-36-35-56(37-47(58)5)72(54-25-15-23-51(39-54)61-33-17-21-49-19-7-9-27-59(49)61)69-42-67-64-30-12-14-32-66(64)70(43-68(67)63-29-11-13-31-65(63)69)73(57-38-48(6)71(46(3)4)44-53(71)41-57)55-26-16-24-52(40-55)62-34-18-22-50-20-8-10-28-60(50)62/h7-43,45-46,53H,44H2,1-6H3/t53?,71-/m1/s1. The third-order valence-corrected chi connectivity index (χ3v) is 16.7. The molecule has 2 nitrogen and oxygen atoms in total. The second-order valence-corrected chi connectivity index (χ2v) is 21.4. The van der Waals surface area contributed by atoms with Crippen LogP contribution in [-0.4, -0.2) is 0 Å². The van der Waals surface area contributed by atoms with E-state index in [1.165, 1.54) is 111 Å². The van der Waals surface area contributed by atoms with Gasteiger partial charge >= 0.3 is 0 Å². The third kappa shape index (κ3) is 7.37. The molecule has 0 N–H and O–H groups in total. The highest BCUT2D eigenvalue weighted by molar-refractivity contribution is 6.24. The van der Waals surface area contributed by atoms with Gasteiger partial charge in [0.05, 0.1) is 11.4 Å². The van der Waals surface area contributed by atoms with E-state index in [2.05, 4.69) is 276 Å². The number of anilines is 5. The van der Waals surface area contributed by atoms with Gasteiger partial charge in [-0.05, 0) is 169 Å². The third-order valence-electron chi connectivity index (χ3n) is 16.7. The number of rotatable bonds is 10. The zero-order chi connectivity index (χ0) is 49.5. The first-order valence-corrected chi connectivity index (χ1v) is 26.3. The number of aryl methyl sites for hydroxylation is 1. The smallest absolute Gasteiger partial charge is 0.0546 e. The van der Waals surface area contributed by atoms with E-state index in [4.69, 9.17) is 0 Å². The molecule has 354 valence electrons. The van der Waals surface area contributed by atoms with Crippen molar-refractivity contribution in [2.45, 2.75) is 53.9 Å². The molecule has 0 aromatic heterocycles. The van der Waals surface area contributed by atoms with Crippen molar-refractivity contribution in [3.63, 3.8) is 0 Å². The van der Waals surface area contributed by atoms with Gasteiger partial charge in [-0.2, -0.15) is 0 Å². The van der Waals surface area contributed by atoms with Gasteiger partial charge in [-0.15, -0.1) is 0 Å². The normalized spacial score (nSPS) is 16.4. The van der Waals surface area contributed by atoms with Crippen molar-refractivity contribution in [2.75, 3.05) is 9.80 Å². The van der Waals surface area contributed by atoms with E-state index in [0.717, 1.165) is 22.7 Å². The van der Waals surface area contributed by atoms with Crippen LogP contribution < -0.4 is 9.80 Å². The highest BCUT2D eigenvalue weighted by atomic mass is 15.2. The summed E-state index contributed by atoms with van der Waals surface area (Å²) in [6, 6.07) is 79.5. The Bertz CT molecular complexity index is 4060. The molecule has 2 aliphatic carbocycles. The zero-order valence-electron chi connectivity index (χ0n) is 42.7. The maximum Gasteiger partial charge on any atom is 0.0546 e. The molecule has 0 bridgehead atoms. The lowest BCUT2D eigenvalue weighted by Crippen LogP contribution is -2.22. The number of hydrogen-bond acceptors (Lipinski definition) is 2. The molecule has 73 heavy (non-hydrogen) atoms. The minimum Gasteiger partial charge on any atom is -0.310 e. The van der Waals surface area contributed by atoms with Gasteiger partial charge < -0.3 is 9.80 Å². The van der Waals surface area contributed by atoms with Crippen molar-refractivity contribution < 1.29 is 0 Å². The van der Waals surface area contributed by atoms with Crippen LogP contribution in [0.15, 0.2) is 236 Å². The minimum absolute atomic E-state index is 0.242. The Balaban J connectivity index is 1.06. The monoisotopic (exact) mass is 940 g/mol. The Kier molecular flexibility index (Phi) is 10.7. The molecule has 0 heterocycles. The van der Waals surface area contributed by atoms with Gasteiger partial charge in [0.1, 0.15) is 0 Å². The molecule has 0 amide bonds. The van der Waals surface area contributed by atoms with E-state index in [9.17, 15) is 0 Å². The Morgan fingerprint density at radius 3 is 1.41 bits per heavy atom. The summed E-state index contributed by atoms with van der Waals surface area (Å²) in [5.41, 5.74) is 16.3. The molecule has 11 aromatic carbocycles. The first-order chi connectivity index (χ1) is 35.7. The van der Waals surface area contributed by atoms with Crippen molar-refractivity contribution in [3.8, 4) is 22.3 Å². The van der Waals surface area contributed by atoms with Gasteiger partial charge in [0.15, 0.2) is 0 Å². The first-order valence-electron chi connectivity index (χ1n) is 26.3. The average Bonchev–Trinajstić information content (AvgIpc) is 4.18. The lowest BCUT2D eigenvalue weighted by atomic mass is 9.80. The molecule has 0 aliphatic heterocycles. The summed E-state index contributed by atoms with van der Waals surface area (Å²) >= 11 is 0. The van der Waals surface area contributed by atoms with Gasteiger partial charge in [0, 0.05) is 38.9 Å². The maximum atomic E-state index is 2.59. The van der Waals surface area contributed by atoms with Gasteiger partial charge in [0.25, 0.3) is 0 Å². The average molecular weight is 941 g/mol. The minimum atomic E-state index is 0.242. The SMILES string of the molecule is CC1=CC(N(c2cccc(-c3cccc4ccccc34)c2)c2cc3c4ccccc4c(N(c4cccc(-c5cccc6ccccc56)c4)c4ccc(C(C)C)c(C)c4)cc3c3ccccc23)=CC2C[C@@]12C(C)C. The summed E-state index contributed by atoms with van der Waals surface area (Å²) in [6.45, 7) is 14.0. The van der Waals surface area contributed by atoms with E-state index >= 15 is 0 Å². The molecule has 1 fully saturated rings. The van der Waals surface area contributed by atoms with Crippen LogP contribution in [0.5, 0.6) is 0 Å². The molecular weight excluding hydrogens is 881 g/mol. The van der Waals surface area contributed by atoms with Gasteiger partial charge in [-0.25, -0.2) is 0 Å². The van der Waals surface area contributed by atoms with Crippen molar-refractivity contribution in [2.24, 2.45) is 17.3 Å². The fourth-order valence-electron chi connectivity index (χ4n) is 13.0. The second kappa shape index (κ2) is 17.5. The maximum absolute atomic E-state index is 2.59. The van der Waals surface area contributed by atoms with E-state index < -0.39 is 0 Å². The van der Waals surface area contributed by atoms with Crippen molar-refractivity contribution in [3.05, 3.63) is 247 Å². The summed E-state index contributed by atoms with van der Waals surface area (Å²) < 4.78 is 0. The molecule has 1 unspecified atom stereocenters. The van der Waals surface area contributed by atoms with Crippen LogP contribution in [0.4, 0.5) is 28.4 Å². The quantitative estimate of drug-likeness (QED) is 0.126. The first kappa shape index (κ1) is 44.7. The van der Waals surface area contributed by atoms with Crippen molar-refractivity contribution >= 4 is 82.3 Å². The summed E-state index contributed by atoms with van der Waals surface area (Å²) in [4.78, 5) is 5.09. The summed E-state index contributed by atoms with van der Waals surface area (Å²) in [7, 11) is 0. The van der Waals surface area contributed by atoms with Gasteiger partial charge in [-0.3, -0.25) is 0 Å². The Hall–Kier alpha value is -8.20. The molecule has 0 radical (unpaired) electrons. The summed E-state index contributed by atoms with van der Waals surface area (Å²) in [5.74, 6) is 1.51. The molecule has 11 aromatic rings. The number of allylic oxidation sites excluding steroid dienone is 3. The molecule has 2 atom stereocenters. The van der Waals surface area contributed by atoms with Crippen molar-refractivity contribution in [1.82, 2.24) is 0 Å². The predicted octanol–water partition coefficient (Wildman–Crippen LogP) is 20.3. The number of hydrogen-bond donors (Lipinski definition) is 0. The molecule has 13 rings (SSSR count). The van der Waals surface area contributed by atoms with E-state index in [-0.39, 0.29) is 5.41 Å². The predicted molar refractivity (Wildman–Crippen MR) is 314 cm³/mol. The topological polar surface area (TPSA) is 6.48 Å². The Morgan fingerprint density at radius 2 is 0.890 bits per heavy atom. The lowest BCUT2D eigenvalue weighted by Gasteiger charge is -2.33. The largest absolute Gasteiger partial charge is 0.310 e. The van der Waals surface area contributed by atoms with E-state index in [1.54, 1.807) is 0 Å². The number of benzene rings is 11. The van der Waals surface area contributed by atoms with Crippen molar-refractivity contribution in [1.29, 1.82) is 0 Å². The molecule has 0 spiro atoms. The Morgan fingerprint density at radius 1 is 0.425 bits per heavy atom. The number of nitrogens with zero attached hydrogens (tertiary/aromatic N) is 2. The zero-order valence-corrected chi connectivity index (χ0v) is 42.7. The van der Waals surface area contributed by atoms with Crippen LogP contribution in [0.2, 0.25) is 0 Å². The molecule has 1 saturated carbocycles. The highest BCUT2D eigenvalue weighted by Gasteiger charge is 2.57. The lowest BCUT2D eigenvalue weighted by molar-refractivity contribution is 0.397. The Labute approximate surface area is 430 Å². The molecule has 0 saturated heterocycles. The highest BCUT2D eigenvalue weighted by Crippen LogP contribution is 2.66. The fraction of sp³-hybridized carbons (Fsp3) is 0.155.